The molecule has 2 atom stereocenters. The van der Waals surface area contributed by atoms with Crippen molar-refractivity contribution in [2.75, 3.05) is 7.05 Å². The van der Waals surface area contributed by atoms with Crippen LogP contribution in [0.15, 0.2) is 78.2 Å². The fourth-order valence-electron chi connectivity index (χ4n) is 2.95. The molecule has 0 saturated carbocycles. The summed E-state index contributed by atoms with van der Waals surface area (Å²) >= 11 is 1.65. The van der Waals surface area contributed by atoms with E-state index < -0.39 is 12.1 Å². The molecule has 0 fully saturated rings. The number of rotatable bonds is 6. The summed E-state index contributed by atoms with van der Waals surface area (Å²) in [6.07, 6.45) is 0. The summed E-state index contributed by atoms with van der Waals surface area (Å²) in [7, 11) is 1.49. The molecule has 3 aromatic rings. The predicted octanol–water partition coefficient (Wildman–Crippen LogP) is 2.60. The molecular weight excluding hydrogens is 358 g/mol. The van der Waals surface area contributed by atoms with Crippen LogP contribution in [0.4, 0.5) is 4.79 Å². The first-order valence-corrected chi connectivity index (χ1v) is 9.58. The van der Waals surface area contributed by atoms with Crippen molar-refractivity contribution >= 4 is 23.3 Å². The van der Waals surface area contributed by atoms with Gasteiger partial charge in [0.15, 0.2) is 6.04 Å². The fourth-order valence-corrected chi connectivity index (χ4v) is 3.79. The number of quaternary nitrogens is 1. The van der Waals surface area contributed by atoms with Gasteiger partial charge in [0.2, 0.25) is 0 Å². The molecule has 0 aliphatic heterocycles. The minimum Gasteiger partial charge on any atom is -0.341 e. The highest BCUT2D eigenvalue weighted by Crippen LogP contribution is 2.24. The second-order valence-corrected chi connectivity index (χ2v) is 7.03. The Kier molecular flexibility index (Phi) is 6.35. The molecule has 6 heteroatoms. The molecule has 0 aliphatic rings. The highest BCUT2D eigenvalue weighted by molar-refractivity contribution is 7.10. The number of benzene rings is 2. The van der Waals surface area contributed by atoms with Crippen LogP contribution in [0.1, 0.15) is 28.1 Å². The molecule has 5 nitrogen and oxygen atoms in total. The molecule has 0 bridgehead atoms. The SMILES string of the molecule is CNC(=O)NC(=O)[C@@H]([NH2+][C@H](c1ccccc1)c1cccs1)c1ccccc1. The lowest BCUT2D eigenvalue weighted by Gasteiger charge is -2.22. The van der Waals surface area contributed by atoms with Crippen LogP contribution in [0.2, 0.25) is 0 Å². The maximum atomic E-state index is 12.8. The maximum Gasteiger partial charge on any atom is 0.321 e. The lowest BCUT2D eigenvalue weighted by atomic mass is 10.0. The molecule has 1 heterocycles. The zero-order valence-corrected chi connectivity index (χ0v) is 15.8. The van der Waals surface area contributed by atoms with Gasteiger partial charge in [0.25, 0.3) is 5.91 Å². The number of nitrogens with one attached hydrogen (secondary N) is 2. The third-order valence-corrected chi connectivity index (χ3v) is 5.25. The number of hydrogen-bond donors (Lipinski definition) is 3. The van der Waals surface area contributed by atoms with E-state index in [1.54, 1.807) is 11.3 Å². The molecule has 2 aromatic carbocycles. The van der Waals surface area contributed by atoms with Crippen molar-refractivity contribution in [2.24, 2.45) is 0 Å². The Hall–Kier alpha value is -2.96. The molecule has 0 aliphatic carbocycles. The van der Waals surface area contributed by atoms with Crippen LogP contribution in [-0.4, -0.2) is 19.0 Å². The third kappa shape index (κ3) is 4.81. The summed E-state index contributed by atoms with van der Waals surface area (Å²) in [5, 5.41) is 8.88. The normalized spacial score (nSPS) is 12.8. The second kappa shape index (κ2) is 9.12. The number of imide groups is 1. The van der Waals surface area contributed by atoms with Gasteiger partial charge in [-0.15, -0.1) is 11.3 Å². The second-order valence-electron chi connectivity index (χ2n) is 6.05. The van der Waals surface area contributed by atoms with Crippen molar-refractivity contribution in [1.29, 1.82) is 0 Å². The van der Waals surface area contributed by atoms with Gasteiger partial charge in [-0.3, -0.25) is 10.1 Å². The number of thiophene rings is 1. The number of carbonyl (C=O) groups is 2. The van der Waals surface area contributed by atoms with E-state index in [-0.39, 0.29) is 11.9 Å². The summed E-state index contributed by atoms with van der Waals surface area (Å²) in [6.45, 7) is 0. The molecule has 0 saturated heterocycles. The van der Waals surface area contributed by atoms with E-state index in [4.69, 9.17) is 0 Å². The first-order chi connectivity index (χ1) is 13.2. The third-order valence-electron chi connectivity index (χ3n) is 4.30. The monoisotopic (exact) mass is 380 g/mol. The molecule has 27 heavy (non-hydrogen) atoms. The van der Waals surface area contributed by atoms with Crippen molar-refractivity contribution in [3.63, 3.8) is 0 Å². The average Bonchev–Trinajstić information content (AvgIpc) is 3.24. The summed E-state index contributed by atoms with van der Waals surface area (Å²) in [5.74, 6) is -0.349. The largest absolute Gasteiger partial charge is 0.341 e. The standard InChI is InChI=1S/C21H21N3O2S/c1-22-21(26)24-20(25)19(16-11-6-3-7-12-16)23-18(17-13-8-14-27-17)15-9-4-2-5-10-15/h2-14,18-19,23H,1H3,(H2,22,24,25,26)/p+1/t18-,19+/m1/s1. The van der Waals surface area contributed by atoms with Crippen LogP contribution in [0, 0.1) is 0 Å². The number of hydrogen-bond acceptors (Lipinski definition) is 3. The van der Waals surface area contributed by atoms with E-state index in [2.05, 4.69) is 28.8 Å². The van der Waals surface area contributed by atoms with Gasteiger partial charge in [0, 0.05) is 18.2 Å². The van der Waals surface area contributed by atoms with E-state index >= 15 is 0 Å². The zero-order valence-electron chi connectivity index (χ0n) is 15.0. The average molecular weight is 380 g/mol. The smallest absolute Gasteiger partial charge is 0.321 e. The number of nitrogens with two attached hydrogens (primary N) is 1. The van der Waals surface area contributed by atoms with Crippen LogP contribution in [-0.2, 0) is 4.79 Å². The molecule has 3 amide bonds. The topological polar surface area (TPSA) is 74.8 Å². The van der Waals surface area contributed by atoms with E-state index in [1.165, 1.54) is 7.05 Å². The summed E-state index contributed by atoms with van der Waals surface area (Å²) in [4.78, 5) is 25.7. The van der Waals surface area contributed by atoms with Gasteiger partial charge < -0.3 is 10.6 Å². The molecule has 3 rings (SSSR count). The maximum absolute atomic E-state index is 12.8. The van der Waals surface area contributed by atoms with Crippen molar-refractivity contribution in [3.8, 4) is 0 Å². The molecule has 0 radical (unpaired) electrons. The van der Waals surface area contributed by atoms with Crippen LogP contribution in [0.25, 0.3) is 0 Å². The number of amides is 3. The molecule has 0 unspecified atom stereocenters. The summed E-state index contributed by atoms with van der Waals surface area (Å²) < 4.78 is 0. The minimum absolute atomic E-state index is 0.0492. The van der Waals surface area contributed by atoms with Gasteiger partial charge in [-0.1, -0.05) is 66.7 Å². The quantitative estimate of drug-likeness (QED) is 0.615. The Labute approximate surface area is 162 Å². The molecule has 0 spiro atoms. The Morgan fingerprint density at radius 1 is 0.889 bits per heavy atom. The van der Waals surface area contributed by atoms with Gasteiger partial charge in [0.1, 0.15) is 6.04 Å². The first kappa shape index (κ1) is 18.8. The van der Waals surface area contributed by atoms with E-state index in [0.29, 0.717) is 0 Å². The van der Waals surface area contributed by atoms with Crippen LogP contribution in [0.3, 0.4) is 0 Å². The molecule has 1 aromatic heterocycles. The predicted molar refractivity (Wildman–Crippen MR) is 106 cm³/mol. The van der Waals surface area contributed by atoms with Crippen molar-refractivity contribution in [3.05, 3.63) is 94.2 Å². The highest BCUT2D eigenvalue weighted by atomic mass is 32.1. The van der Waals surface area contributed by atoms with Crippen LogP contribution in [0.5, 0.6) is 0 Å². The van der Waals surface area contributed by atoms with Gasteiger partial charge in [-0.2, -0.15) is 0 Å². The lowest BCUT2D eigenvalue weighted by Crippen LogP contribution is -2.88. The highest BCUT2D eigenvalue weighted by Gasteiger charge is 2.31. The van der Waals surface area contributed by atoms with E-state index in [0.717, 1.165) is 16.0 Å². The molecular formula is C21H22N3O2S+. The Morgan fingerprint density at radius 2 is 1.52 bits per heavy atom. The Morgan fingerprint density at radius 3 is 2.07 bits per heavy atom. The Balaban J connectivity index is 1.95. The minimum atomic E-state index is -0.559. The number of urea groups is 1. The van der Waals surface area contributed by atoms with E-state index in [1.807, 2.05) is 65.3 Å². The Bertz CT molecular complexity index is 867. The van der Waals surface area contributed by atoms with Gasteiger partial charge >= 0.3 is 6.03 Å². The van der Waals surface area contributed by atoms with E-state index in [9.17, 15) is 9.59 Å². The zero-order chi connectivity index (χ0) is 19.1. The van der Waals surface area contributed by atoms with Crippen molar-refractivity contribution < 1.29 is 14.9 Å². The molecule has 138 valence electrons. The van der Waals surface area contributed by atoms with Gasteiger partial charge in [-0.05, 0) is 11.4 Å². The fraction of sp³-hybridized carbons (Fsp3) is 0.143. The van der Waals surface area contributed by atoms with Crippen LogP contribution >= 0.6 is 11.3 Å². The van der Waals surface area contributed by atoms with Gasteiger partial charge in [-0.25, -0.2) is 4.79 Å². The first-order valence-electron chi connectivity index (χ1n) is 8.70. The van der Waals surface area contributed by atoms with Gasteiger partial charge in [0.05, 0.1) is 4.88 Å². The summed E-state index contributed by atoms with van der Waals surface area (Å²) in [5.41, 5.74) is 1.95. The van der Waals surface area contributed by atoms with Crippen molar-refractivity contribution in [2.45, 2.75) is 12.1 Å². The number of carbonyl (C=O) groups excluding carboxylic acids is 2. The molecule has 4 N–H and O–H groups in total. The summed E-state index contributed by atoms with van der Waals surface area (Å²) in [6, 6.07) is 22.5. The van der Waals surface area contributed by atoms with Crippen molar-refractivity contribution in [1.82, 2.24) is 10.6 Å². The lowest BCUT2D eigenvalue weighted by molar-refractivity contribution is -0.713. The van der Waals surface area contributed by atoms with Crippen LogP contribution < -0.4 is 16.0 Å².